The largest absolute Gasteiger partial charge is 0.506 e. The van der Waals surface area contributed by atoms with Crippen molar-refractivity contribution in [2.75, 3.05) is 5.32 Å². The smallest absolute Gasteiger partial charge is 0.236 e. The molecule has 0 heterocycles. The van der Waals surface area contributed by atoms with E-state index in [4.69, 9.17) is 10.7 Å². The van der Waals surface area contributed by atoms with Gasteiger partial charge in [-0.2, -0.15) is 0 Å². The van der Waals surface area contributed by atoms with Crippen LogP contribution < -0.4 is 5.32 Å². The maximum atomic E-state index is 11.1. The first-order chi connectivity index (χ1) is 7.70. The third-order valence-electron chi connectivity index (χ3n) is 1.85. The summed E-state index contributed by atoms with van der Waals surface area (Å²) in [6.45, 7) is 1.25. The summed E-state index contributed by atoms with van der Waals surface area (Å²) in [4.78, 5) is 11.0. The highest BCUT2D eigenvalue weighted by molar-refractivity contribution is 9.10. The molecule has 0 saturated heterocycles. The van der Waals surface area contributed by atoms with Crippen molar-refractivity contribution in [2.45, 2.75) is 12.7 Å². The molecule has 0 fully saturated rings. The number of phenolic OH excluding ortho intramolecular Hbond substituents is 1. The van der Waals surface area contributed by atoms with E-state index in [2.05, 4.69) is 21.2 Å². The van der Waals surface area contributed by atoms with Crippen molar-refractivity contribution in [3.05, 3.63) is 22.2 Å². The first kappa shape index (κ1) is 14.3. The van der Waals surface area contributed by atoms with E-state index in [0.29, 0.717) is 4.47 Å². The van der Waals surface area contributed by atoms with Crippen molar-refractivity contribution in [3.63, 3.8) is 0 Å². The zero-order valence-electron chi connectivity index (χ0n) is 8.70. The van der Waals surface area contributed by atoms with Crippen LogP contribution in [0.2, 0.25) is 0 Å². The van der Waals surface area contributed by atoms with Crippen molar-refractivity contribution >= 4 is 47.3 Å². The molecule has 5 nitrogen and oxygen atoms in total. The molecular formula is C9H9BrClNO4S. The Bertz CT molecular complexity index is 558. The fourth-order valence-electron chi connectivity index (χ4n) is 1.24. The van der Waals surface area contributed by atoms with Gasteiger partial charge in [0.15, 0.2) is 0 Å². The SMILES string of the molecule is CC(=O)Nc1c(O)ccc(Br)c1CS(=O)(=O)Cl. The second-order valence-corrected chi connectivity index (χ2v) is 6.92. The van der Waals surface area contributed by atoms with E-state index in [1.165, 1.54) is 19.1 Å². The number of nitrogens with one attached hydrogen (secondary N) is 1. The summed E-state index contributed by atoms with van der Waals surface area (Å²) < 4.78 is 22.5. The van der Waals surface area contributed by atoms with E-state index in [9.17, 15) is 18.3 Å². The van der Waals surface area contributed by atoms with Gasteiger partial charge in [-0.1, -0.05) is 15.9 Å². The Morgan fingerprint density at radius 1 is 1.53 bits per heavy atom. The second-order valence-electron chi connectivity index (χ2n) is 3.28. The van der Waals surface area contributed by atoms with Gasteiger partial charge in [0.1, 0.15) is 5.75 Å². The van der Waals surface area contributed by atoms with Crippen molar-refractivity contribution in [1.29, 1.82) is 0 Å². The van der Waals surface area contributed by atoms with Crippen LogP contribution in [0.1, 0.15) is 12.5 Å². The molecule has 2 N–H and O–H groups in total. The zero-order valence-corrected chi connectivity index (χ0v) is 11.9. The van der Waals surface area contributed by atoms with Gasteiger partial charge in [0, 0.05) is 27.6 Å². The van der Waals surface area contributed by atoms with Crippen LogP contribution in [-0.4, -0.2) is 19.4 Å². The van der Waals surface area contributed by atoms with Crippen LogP contribution in [0.15, 0.2) is 16.6 Å². The van der Waals surface area contributed by atoms with Gasteiger partial charge in [-0.3, -0.25) is 4.79 Å². The molecule has 0 bridgehead atoms. The van der Waals surface area contributed by atoms with E-state index in [1.807, 2.05) is 0 Å². The Balaban J connectivity index is 3.34. The number of aromatic hydroxyl groups is 1. The molecule has 0 radical (unpaired) electrons. The fourth-order valence-corrected chi connectivity index (χ4v) is 2.87. The summed E-state index contributed by atoms with van der Waals surface area (Å²) in [6, 6.07) is 2.80. The van der Waals surface area contributed by atoms with Gasteiger partial charge in [0.05, 0.1) is 11.4 Å². The topological polar surface area (TPSA) is 83.5 Å². The summed E-state index contributed by atoms with van der Waals surface area (Å²) in [6.07, 6.45) is 0. The van der Waals surface area contributed by atoms with E-state index in [0.717, 1.165) is 0 Å². The van der Waals surface area contributed by atoms with Crippen LogP contribution in [0.4, 0.5) is 5.69 Å². The zero-order chi connectivity index (χ0) is 13.2. The quantitative estimate of drug-likeness (QED) is 0.651. The van der Waals surface area contributed by atoms with E-state index in [1.54, 1.807) is 0 Å². The van der Waals surface area contributed by atoms with Crippen molar-refractivity contribution in [3.8, 4) is 5.75 Å². The molecule has 1 aromatic carbocycles. The van der Waals surface area contributed by atoms with E-state index in [-0.39, 0.29) is 17.0 Å². The highest BCUT2D eigenvalue weighted by Crippen LogP contribution is 2.35. The number of halogens is 2. The van der Waals surface area contributed by atoms with Crippen LogP contribution >= 0.6 is 26.6 Å². The molecule has 17 heavy (non-hydrogen) atoms. The molecule has 1 rings (SSSR count). The molecular weight excluding hydrogens is 334 g/mol. The van der Waals surface area contributed by atoms with Gasteiger partial charge in [-0.15, -0.1) is 0 Å². The molecule has 0 aliphatic heterocycles. The third kappa shape index (κ3) is 4.18. The summed E-state index contributed by atoms with van der Waals surface area (Å²) in [5.74, 6) is -1.15. The minimum Gasteiger partial charge on any atom is -0.506 e. The summed E-state index contributed by atoms with van der Waals surface area (Å²) in [5.41, 5.74) is 0.242. The first-order valence-corrected chi connectivity index (χ1v) is 7.68. The van der Waals surface area contributed by atoms with Crippen molar-refractivity contribution in [1.82, 2.24) is 0 Å². The van der Waals surface area contributed by atoms with Gasteiger partial charge in [-0.25, -0.2) is 8.42 Å². The predicted octanol–water partition coefficient (Wildman–Crippen LogP) is 2.18. The molecule has 1 amide bonds. The van der Waals surface area contributed by atoms with Gasteiger partial charge < -0.3 is 10.4 Å². The molecule has 94 valence electrons. The first-order valence-electron chi connectivity index (χ1n) is 4.41. The van der Waals surface area contributed by atoms with Crippen LogP contribution in [0, 0.1) is 0 Å². The molecule has 0 unspecified atom stereocenters. The van der Waals surface area contributed by atoms with Crippen LogP contribution in [0.5, 0.6) is 5.75 Å². The van der Waals surface area contributed by atoms with Gasteiger partial charge in [0.2, 0.25) is 15.0 Å². The molecule has 0 saturated carbocycles. The maximum absolute atomic E-state index is 11.1. The van der Waals surface area contributed by atoms with Gasteiger partial charge in [-0.05, 0) is 12.1 Å². The standard InChI is InChI=1S/C9H9BrClNO4S/c1-5(13)12-9-6(4-17(11,15)16)7(10)2-3-8(9)14/h2-3,14H,4H2,1H3,(H,12,13). The molecule has 0 aliphatic rings. The van der Waals surface area contributed by atoms with Gasteiger partial charge >= 0.3 is 0 Å². The number of anilines is 1. The molecule has 0 aromatic heterocycles. The number of hydrogen-bond donors (Lipinski definition) is 2. The van der Waals surface area contributed by atoms with Crippen molar-refractivity contribution < 1.29 is 18.3 Å². The number of rotatable bonds is 3. The van der Waals surface area contributed by atoms with Gasteiger partial charge in [0.25, 0.3) is 0 Å². The maximum Gasteiger partial charge on any atom is 0.236 e. The highest BCUT2D eigenvalue weighted by atomic mass is 79.9. The van der Waals surface area contributed by atoms with E-state index >= 15 is 0 Å². The van der Waals surface area contributed by atoms with Crippen LogP contribution in [0.25, 0.3) is 0 Å². The monoisotopic (exact) mass is 341 g/mol. The lowest BCUT2D eigenvalue weighted by Crippen LogP contribution is -2.10. The van der Waals surface area contributed by atoms with Crippen LogP contribution in [0.3, 0.4) is 0 Å². The normalized spacial score (nSPS) is 11.2. The molecule has 0 spiro atoms. The molecule has 0 aliphatic carbocycles. The minimum atomic E-state index is -3.79. The van der Waals surface area contributed by atoms with E-state index < -0.39 is 20.7 Å². The number of phenols is 1. The summed E-state index contributed by atoms with van der Waals surface area (Å²) in [5, 5.41) is 12.0. The lowest BCUT2D eigenvalue weighted by molar-refractivity contribution is -0.114. The summed E-state index contributed by atoms with van der Waals surface area (Å²) in [7, 11) is 1.36. The Morgan fingerprint density at radius 2 is 2.12 bits per heavy atom. The number of carbonyl (C=O) groups excluding carboxylic acids is 1. The molecule has 1 aromatic rings. The molecule has 0 atom stereocenters. The predicted molar refractivity (Wildman–Crippen MR) is 68.6 cm³/mol. The average molecular weight is 343 g/mol. The fraction of sp³-hybridized carbons (Fsp3) is 0.222. The Morgan fingerprint density at radius 3 is 2.59 bits per heavy atom. The number of hydrogen-bond acceptors (Lipinski definition) is 4. The minimum absolute atomic E-state index is 0.0381. The number of carbonyl (C=O) groups is 1. The van der Waals surface area contributed by atoms with Crippen molar-refractivity contribution in [2.24, 2.45) is 0 Å². The number of amides is 1. The Hall–Kier alpha value is -0.790. The lowest BCUT2D eigenvalue weighted by atomic mass is 10.2. The Kier molecular flexibility index (Phi) is 4.40. The third-order valence-corrected chi connectivity index (χ3v) is 3.56. The Labute approximate surface area is 111 Å². The highest BCUT2D eigenvalue weighted by Gasteiger charge is 2.18. The molecule has 8 heteroatoms. The summed E-state index contributed by atoms with van der Waals surface area (Å²) >= 11 is 3.14. The van der Waals surface area contributed by atoms with Crippen LogP contribution in [-0.2, 0) is 19.6 Å². The lowest BCUT2D eigenvalue weighted by Gasteiger charge is -2.12. The number of benzene rings is 1. The average Bonchev–Trinajstić information content (AvgIpc) is 2.15. The second kappa shape index (κ2) is 5.24.